The molecule has 1 aliphatic heterocycles. The molecule has 0 aliphatic carbocycles. The van der Waals surface area contributed by atoms with Gasteiger partial charge < -0.3 is 15.4 Å². The van der Waals surface area contributed by atoms with Gasteiger partial charge in [-0.2, -0.15) is 4.98 Å². The van der Waals surface area contributed by atoms with Crippen molar-refractivity contribution in [3.05, 3.63) is 47.7 Å². The van der Waals surface area contributed by atoms with E-state index in [1.165, 1.54) is 12.1 Å². The summed E-state index contributed by atoms with van der Waals surface area (Å²) in [6, 6.07) is 7.39. The predicted molar refractivity (Wildman–Crippen MR) is 95.4 cm³/mol. The Hall–Kier alpha value is -3.03. The highest BCUT2D eigenvalue weighted by atomic mass is 19.1. The first-order chi connectivity index (χ1) is 12.9. The molecule has 3 rings (SSSR count). The number of carbonyl (C=O) groups is 2. The fourth-order valence-electron chi connectivity index (χ4n) is 3.11. The van der Waals surface area contributed by atoms with Gasteiger partial charge in [0.2, 0.25) is 17.7 Å². The quantitative estimate of drug-likeness (QED) is 0.840. The molecule has 1 unspecified atom stereocenters. The highest BCUT2D eigenvalue weighted by molar-refractivity contribution is 5.83. The second-order valence-corrected chi connectivity index (χ2v) is 6.45. The van der Waals surface area contributed by atoms with Crippen LogP contribution in [-0.2, 0) is 9.59 Å². The number of likely N-dealkylation sites (tertiary alicyclic amines) is 1. The van der Waals surface area contributed by atoms with E-state index in [1.807, 2.05) is 0 Å². The van der Waals surface area contributed by atoms with Gasteiger partial charge >= 0.3 is 0 Å². The van der Waals surface area contributed by atoms with Crippen molar-refractivity contribution in [1.29, 1.82) is 0 Å². The molecule has 1 aromatic heterocycles. The molecule has 0 saturated carbocycles. The monoisotopic (exact) mass is 372 g/mol. The predicted octanol–water partition coefficient (Wildman–Crippen LogP) is 2.65. The maximum Gasteiger partial charge on any atom is 0.223 e. The van der Waals surface area contributed by atoms with Crippen molar-refractivity contribution < 1.29 is 18.7 Å². The van der Waals surface area contributed by atoms with Crippen molar-refractivity contribution >= 4 is 11.8 Å². The summed E-state index contributed by atoms with van der Waals surface area (Å²) in [4.78, 5) is 33.9. The maximum atomic E-state index is 13.8. The summed E-state index contributed by atoms with van der Waals surface area (Å²) in [7, 11) is 0. The minimum absolute atomic E-state index is 0.0123. The SMILES string of the molecule is Cc1cc(Oc2ccccc2F)nc(C2CCCN2C(=O)CCC(N)=O)n1. The summed E-state index contributed by atoms with van der Waals surface area (Å²) >= 11 is 0. The fraction of sp³-hybridized carbons (Fsp3) is 0.368. The zero-order valence-corrected chi connectivity index (χ0v) is 15.0. The van der Waals surface area contributed by atoms with E-state index in [1.54, 1.807) is 30.0 Å². The lowest BCUT2D eigenvalue weighted by Crippen LogP contribution is -2.32. The zero-order valence-electron chi connectivity index (χ0n) is 15.0. The van der Waals surface area contributed by atoms with Gasteiger partial charge in [-0.3, -0.25) is 9.59 Å². The Kier molecular flexibility index (Phi) is 5.63. The Morgan fingerprint density at radius 3 is 2.81 bits per heavy atom. The molecule has 7 nitrogen and oxygen atoms in total. The number of ether oxygens (including phenoxy) is 1. The van der Waals surface area contributed by atoms with Crippen LogP contribution in [-0.4, -0.2) is 33.2 Å². The Morgan fingerprint density at radius 1 is 1.30 bits per heavy atom. The van der Waals surface area contributed by atoms with Crippen LogP contribution in [0.5, 0.6) is 11.6 Å². The van der Waals surface area contributed by atoms with Gasteiger partial charge in [-0.25, -0.2) is 9.37 Å². The molecule has 0 bridgehead atoms. The summed E-state index contributed by atoms with van der Waals surface area (Å²) < 4.78 is 19.4. The van der Waals surface area contributed by atoms with E-state index in [9.17, 15) is 14.0 Å². The third-order valence-electron chi connectivity index (χ3n) is 4.36. The maximum absolute atomic E-state index is 13.8. The fourth-order valence-corrected chi connectivity index (χ4v) is 3.11. The largest absolute Gasteiger partial charge is 0.436 e. The molecular formula is C19H21FN4O3. The van der Waals surface area contributed by atoms with Crippen LogP contribution in [0.25, 0.3) is 0 Å². The van der Waals surface area contributed by atoms with Gasteiger partial charge in [0.1, 0.15) is 0 Å². The van der Waals surface area contributed by atoms with E-state index in [0.717, 1.165) is 6.42 Å². The van der Waals surface area contributed by atoms with Crippen molar-refractivity contribution in [3.63, 3.8) is 0 Å². The molecule has 2 aromatic rings. The number of aryl methyl sites for hydroxylation is 1. The molecule has 1 atom stereocenters. The Morgan fingerprint density at radius 2 is 2.07 bits per heavy atom. The Labute approximate surface area is 156 Å². The van der Waals surface area contributed by atoms with Crippen LogP contribution < -0.4 is 10.5 Å². The van der Waals surface area contributed by atoms with E-state index in [4.69, 9.17) is 10.5 Å². The van der Waals surface area contributed by atoms with Crippen LogP contribution in [0.1, 0.15) is 43.2 Å². The highest BCUT2D eigenvalue weighted by Gasteiger charge is 2.32. The lowest BCUT2D eigenvalue weighted by molar-refractivity contribution is -0.134. The van der Waals surface area contributed by atoms with Crippen molar-refractivity contribution in [1.82, 2.24) is 14.9 Å². The summed E-state index contributed by atoms with van der Waals surface area (Å²) in [5, 5.41) is 0. The smallest absolute Gasteiger partial charge is 0.223 e. The molecule has 8 heteroatoms. The van der Waals surface area contributed by atoms with E-state index in [0.29, 0.717) is 24.5 Å². The van der Waals surface area contributed by atoms with Crippen LogP contribution in [0.3, 0.4) is 0 Å². The number of benzene rings is 1. The molecular weight excluding hydrogens is 351 g/mol. The molecule has 27 heavy (non-hydrogen) atoms. The van der Waals surface area contributed by atoms with Gasteiger partial charge in [-0.15, -0.1) is 0 Å². The second-order valence-electron chi connectivity index (χ2n) is 6.45. The van der Waals surface area contributed by atoms with Crippen molar-refractivity contribution in [2.45, 2.75) is 38.6 Å². The van der Waals surface area contributed by atoms with Crippen molar-refractivity contribution in [2.24, 2.45) is 5.73 Å². The molecule has 0 radical (unpaired) electrons. The number of aromatic nitrogens is 2. The minimum Gasteiger partial charge on any atom is -0.436 e. The average molecular weight is 372 g/mol. The van der Waals surface area contributed by atoms with Gasteiger partial charge in [0.25, 0.3) is 0 Å². The van der Waals surface area contributed by atoms with Gasteiger partial charge in [-0.05, 0) is 31.9 Å². The summed E-state index contributed by atoms with van der Waals surface area (Å²) in [6.45, 7) is 2.36. The molecule has 2 heterocycles. The Bertz CT molecular complexity index is 859. The van der Waals surface area contributed by atoms with Gasteiger partial charge in [-0.1, -0.05) is 12.1 Å². The number of nitrogens with zero attached hydrogens (tertiary/aromatic N) is 3. The first kappa shape index (κ1) is 18.8. The molecule has 1 saturated heterocycles. The topological polar surface area (TPSA) is 98.4 Å². The lowest BCUT2D eigenvalue weighted by Gasteiger charge is -2.24. The lowest BCUT2D eigenvalue weighted by atomic mass is 10.2. The third-order valence-corrected chi connectivity index (χ3v) is 4.36. The molecule has 0 spiro atoms. The van der Waals surface area contributed by atoms with Crippen LogP contribution in [0.15, 0.2) is 30.3 Å². The van der Waals surface area contributed by atoms with Gasteiger partial charge in [0.05, 0.1) is 6.04 Å². The van der Waals surface area contributed by atoms with Crippen LogP contribution in [0.4, 0.5) is 4.39 Å². The summed E-state index contributed by atoms with van der Waals surface area (Å²) in [5.41, 5.74) is 5.78. The minimum atomic E-state index is -0.508. The standard InChI is InChI=1S/C19H21FN4O3/c1-12-11-17(27-15-7-3-2-5-13(15)20)23-19(22-12)14-6-4-10-24(14)18(26)9-8-16(21)25/h2-3,5,7,11,14H,4,6,8-10H2,1H3,(H2,21,25). The molecule has 1 fully saturated rings. The molecule has 142 valence electrons. The third kappa shape index (κ3) is 4.58. The van der Waals surface area contributed by atoms with E-state index in [2.05, 4.69) is 9.97 Å². The Balaban J connectivity index is 1.81. The number of para-hydroxylation sites is 1. The number of primary amides is 1. The number of nitrogens with two attached hydrogens (primary N) is 1. The number of amides is 2. The second kappa shape index (κ2) is 8.11. The van der Waals surface area contributed by atoms with E-state index < -0.39 is 11.7 Å². The molecule has 2 amide bonds. The summed E-state index contributed by atoms with van der Waals surface area (Å²) in [5.74, 6) is -0.406. The normalized spacial score (nSPS) is 16.4. The first-order valence-corrected chi connectivity index (χ1v) is 8.80. The van der Waals surface area contributed by atoms with E-state index >= 15 is 0 Å². The number of carbonyl (C=O) groups excluding carboxylic acids is 2. The number of halogens is 1. The van der Waals surface area contributed by atoms with Crippen molar-refractivity contribution in [2.75, 3.05) is 6.54 Å². The van der Waals surface area contributed by atoms with Gasteiger partial charge in [0, 0.05) is 31.1 Å². The van der Waals surface area contributed by atoms with Crippen LogP contribution in [0, 0.1) is 12.7 Å². The van der Waals surface area contributed by atoms with E-state index in [-0.39, 0.29) is 36.4 Å². The molecule has 2 N–H and O–H groups in total. The average Bonchev–Trinajstić information content (AvgIpc) is 3.11. The summed E-state index contributed by atoms with van der Waals surface area (Å²) in [6.07, 6.45) is 1.60. The van der Waals surface area contributed by atoms with Crippen LogP contribution in [0.2, 0.25) is 0 Å². The number of hydrogen-bond acceptors (Lipinski definition) is 5. The zero-order chi connectivity index (χ0) is 19.4. The number of rotatable bonds is 6. The van der Waals surface area contributed by atoms with Crippen LogP contribution >= 0.6 is 0 Å². The highest BCUT2D eigenvalue weighted by Crippen LogP contribution is 2.32. The number of hydrogen-bond donors (Lipinski definition) is 1. The van der Waals surface area contributed by atoms with Gasteiger partial charge in [0.15, 0.2) is 17.4 Å². The molecule has 1 aromatic carbocycles. The van der Waals surface area contributed by atoms with Crippen molar-refractivity contribution in [3.8, 4) is 11.6 Å². The molecule has 1 aliphatic rings. The first-order valence-electron chi connectivity index (χ1n) is 8.80.